The van der Waals surface area contributed by atoms with Gasteiger partial charge in [-0.3, -0.25) is 0 Å². The lowest BCUT2D eigenvalue weighted by Gasteiger charge is -2.09. The summed E-state index contributed by atoms with van der Waals surface area (Å²) in [5.41, 5.74) is 0.930. The fraction of sp³-hybridized carbons (Fsp3) is 0.333. The second-order valence-corrected chi connectivity index (χ2v) is 3.18. The number of esters is 1. The van der Waals surface area contributed by atoms with Crippen LogP contribution in [0.4, 0.5) is 0 Å². The van der Waals surface area contributed by atoms with Crippen LogP contribution in [0, 0.1) is 0 Å². The zero-order chi connectivity index (χ0) is 11.8. The molecule has 0 aromatic heterocycles. The van der Waals surface area contributed by atoms with Gasteiger partial charge in [-0.15, -0.1) is 0 Å². The standard InChI is InChI=1S/C12H13NO3/c1-2-16-12(15)11(13-9-14)8-10-6-4-3-5-7-10/h3-7,11H,2,8H2,1H3/t11-/m0/s1. The van der Waals surface area contributed by atoms with E-state index in [9.17, 15) is 9.59 Å². The van der Waals surface area contributed by atoms with Crippen LogP contribution in [0.1, 0.15) is 12.5 Å². The normalized spacial score (nSPS) is 11.3. The number of hydrogen-bond acceptors (Lipinski definition) is 4. The van der Waals surface area contributed by atoms with Crippen LogP contribution >= 0.6 is 0 Å². The van der Waals surface area contributed by atoms with Crippen LogP contribution in [0.3, 0.4) is 0 Å². The SMILES string of the molecule is CCOC(=O)[C@H](Cc1ccccc1)N=C=O. The Morgan fingerprint density at radius 3 is 2.69 bits per heavy atom. The molecule has 0 saturated carbocycles. The van der Waals surface area contributed by atoms with Crippen molar-refractivity contribution in [2.75, 3.05) is 6.61 Å². The van der Waals surface area contributed by atoms with Crippen molar-refractivity contribution in [1.82, 2.24) is 0 Å². The third-order valence-electron chi connectivity index (χ3n) is 2.04. The summed E-state index contributed by atoms with van der Waals surface area (Å²) >= 11 is 0. The highest BCUT2D eigenvalue weighted by Gasteiger charge is 2.19. The lowest BCUT2D eigenvalue weighted by atomic mass is 10.1. The van der Waals surface area contributed by atoms with Crippen molar-refractivity contribution in [3.8, 4) is 0 Å². The molecule has 0 spiro atoms. The monoisotopic (exact) mass is 219 g/mol. The van der Waals surface area contributed by atoms with Gasteiger partial charge in [-0.1, -0.05) is 30.3 Å². The number of benzene rings is 1. The van der Waals surface area contributed by atoms with Crippen molar-refractivity contribution in [2.24, 2.45) is 4.99 Å². The van der Waals surface area contributed by atoms with E-state index >= 15 is 0 Å². The maximum atomic E-state index is 11.4. The first-order valence-electron chi connectivity index (χ1n) is 5.05. The number of nitrogens with zero attached hydrogens (tertiary/aromatic N) is 1. The number of hydrogen-bond donors (Lipinski definition) is 0. The van der Waals surface area contributed by atoms with Crippen LogP contribution in [0.15, 0.2) is 35.3 Å². The maximum absolute atomic E-state index is 11.4. The highest BCUT2D eigenvalue weighted by molar-refractivity contribution is 5.77. The summed E-state index contributed by atoms with van der Waals surface area (Å²) in [5, 5.41) is 0. The second kappa shape index (κ2) is 6.53. The van der Waals surface area contributed by atoms with Crippen molar-refractivity contribution >= 4 is 12.0 Å². The molecule has 0 N–H and O–H groups in total. The Morgan fingerprint density at radius 2 is 2.12 bits per heavy atom. The van der Waals surface area contributed by atoms with E-state index in [1.165, 1.54) is 6.08 Å². The predicted molar refractivity (Wildman–Crippen MR) is 58.7 cm³/mol. The van der Waals surface area contributed by atoms with Crippen molar-refractivity contribution in [1.29, 1.82) is 0 Å². The molecule has 0 aliphatic carbocycles. The zero-order valence-corrected chi connectivity index (χ0v) is 9.05. The van der Waals surface area contributed by atoms with Gasteiger partial charge in [-0.05, 0) is 12.5 Å². The largest absolute Gasteiger partial charge is 0.464 e. The number of ether oxygens (including phenoxy) is 1. The minimum Gasteiger partial charge on any atom is -0.464 e. The summed E-state index contributed by atoms with van der Waals surface area (Å²) in [7, 11) is 0. The summed E-state index contributed by atoms with van der Waals surface area (Å²) in [5.74, 6) is -0.491. The molecule has 1 aromatic rings. The van der Waals surface area contributed by atoms with Crippen LogP contribution < -0.4 is 0 Å². The second-order valence-electron chi connectivity index (χ2n) is 3.18. The lowest BCUT2D eigenvalue weighted by molar-refractivity contribution is -0.144. The van der Waals surface area contributed by atoms with Crippen molar-refractivity contribution < 1.29 is 14.3 Å². The third-order valence-corrected chi connectivity index (χ3v) is 2.04. The van der Waals surface area contributed by atoms with Gasteiger partial charge >= 0.3 is 5.97 Å². The fourth-order valence-electron chi connectivity index (χ4n) is 1.32. The van der Waals surface area contributed by atoms with Gasteiger partial charge in [-0.25, -0.2) is 9.59 Å². The molecule has 4 nitrogen and oxygen atoms in total. The molecule has 0 aliphatic heterocycles. The number of aliphatic imine (C=N–C) groups is 1. The zero-order valence-electron chi connectivity index (χ0n) is 9.05. The summed E-state index contributed by atoms with van der Waals surface area (Å²) in [6, 6.07) is 8.55. The van der Waals surface area contributed by atoms with Gasteiger partial charge in [0.1, 0.15) is 0 Å². The van der Waals surface area contributed by atoms with E-state index in [2.05, 4.69) is 4.99 Å². The number of rotatable bonds is 5. The Hall–Kier alpha value is -1.93. The molecule has 0 radical (unpaired) electrons. The molecule has 0 heterocycles. The Labute approximate surface area is 94.0 Å². The molecule has 16 heavy (non-hydrogen) atoms. The minimum atomic E-state index is -0.792. The molecular formula is C12H13NO3. The average Bonchev–Trinajstić information content (AvgIpc) is 2.30. The first-order valence-corrected chi connectivity index (χ1v) is 5.05. The van der Waals surface area contributed by atoms with E-state index in [0.717, 1.165) is 5.56 Å². The van der Waals surface area contributed by atoms with E-state index in [1.807, 2.05) is 30.3 Å². The number of carbonyl (C=O) groups is 1. The lowest BCUT2D eigenvalue weighted by Crippen LogP contribution is -2.23. The van der Waals surface area contributed by atoms with E-state index < -0.39 is 12.0 Å². The molecule has 1 rings (SSSR count). The van der Waals surface area contributed by atoms with Crippen LogP contribution in [0.2, 0.25) is 0 Å². The smallest absolute Gasteiger partial charge is 0.332 e. The van der Waals surface area contributed by atoms with E-state index in [4.69, 9.17) is 4.74 Å². The molecule has 1 atom stereocenters. The van der Waals surface area contributed by atoms with Crippen LogP contribution in [-0.4, -0.2) is 24.7 Å². The van der Waals surface area contributed by atoms with Gasteiger partial charge in [0.15, 0.2) is 6.04 Å². The van der Waals surface area contributed by atoms with Crippen LogP contribution in [0.5, 0.6) is 0 Å². The Kier molecular flexibility index (Phi) is 4.96. The molecule has 0 amide bonds. The van der Waals surface area contributed by atoms with Gasteiger partial charge in [0.05, 0.1) is 6.61 Å². The molecule has 0 saturated heterocycles. The molecule has 4 heteroatoms. The summed E-state index contributed by atoms with van der Waals surface area (Å²) in [6.45, 7) is 1.99. The molecule has 84 valence electrons. The minimum absolute atomic E-state index is 0.276. The van der Waals surface area contributed by atoms with Crippen molar-refractivity contribution in [2.45, 2.75) is 19.4 Å². The Balaban J connectivity index is 2.72. The van der Waals surface area contributed by atoms with Gasteiger partial charge < -0.3 is 4.74 Å². The van der Waals surface area contributed by atoms with Crippen molar-refractivity contribution in [3.05, 3.63) is 35.9 Å². The molecule has 0 unspecified atom stereocenters. The van der Waals surface area contributed by atoms with Crippen LogP contribution in [0.25, 0.3) is 0 Å². The van der Waals surface area contributed by atoms with Crippen LogP contribution in [-0.2, 0) is 20.7 Å². The fourth-order valence-corrected chi connectivity index (χ4v) is 1.32. The molecular weight excluding hydrogens is 206 g/mol. The Morgan fingerprint density at radius 1 is 1.44 bits per heavy atom. The predicted octanol–water partition coefficient (Wildman–Crippen LogP) is 1.50. The topological polar surface area (TPSA) is 55.7 Å². The summed E-state index contributed by atoms with van der Waals surface area (Å²) < 4.78 is 4.82. The highest BCUT2D eigenvalue weighted by Crippen LogP contribution is 2.07. The van der Waals surface area contributed by atoms with Gasteiger partial charge in [0, 0.05) is 6.42 Å². The van der Waals surface area contributed by atoms with Gasteiger partial charge in [0.25, 0.3) is 0 Å². The number of isocyanates is 1. The van der Waals surface area contributed by atoms with Gasteiger partial charge in [-0.2, -0.15) is 4.99 Å². The Bertz CT molecular complexity index is 383. The maximum Gasteiger partial charge on any atom is 0.332 e. The van der Waals surface area contributed by atoms with Gasteiger partial charge in [0.2, 0.25) is 6.08 Å². The molecule has 0 aliphatic rings. The summed E-state index contributed by atoms with van der Waals surface area (Å²) in [4.78, 5) is 25.1. The third kappa shape index (κ3) is 3.67. The van der Waals surface area contributed by atoms with Crippen molar-refractivity contribution in [3.63, 3.8) is 0 Å². The molecule has 0 fully saturated rings. The first kappa shape index (κ1) is 12.1. The summed E-state index contributed by atoms with van der Waals surface area (Å²) in [6.07, 6.45) is 1.76. The average molecular weight is 219 g/mol. The quantitative estimate of drug-likeness (QED) is 0.428. The molecule has 1 aromatic carbocycles. The first-order chi connectivity index (χ1) is 7.77. The van der Waals surface area contributed by atoms with E-state index in [0.29, 0.717) is 6.42 Å². The number of carbonyl (C=O) groups excluding carboxylic acids is 2. The molecule has 0 bridgehead atoms. The highest BCUT2D eigenvalue weighted by atomic mass is 16.5. The van der Waals surface area contributed by atoms with E-state index in [-0.39, 0.29) is 6.61 Å². The van der Waals surface area contributed by atoms with E-state index in [1.54, 1.807) is 6.92 Å².